The van der Waals surface area contributed by atoms with Crippen LogP contribution in [0.3, 0.4) is 0 Å². The zero-order chi connectivity index (χ0) is 10.5. The van der Waals surface area contributed by atoms with Crippen LogP contribution in [0.5, 0.6) is 0 Å². The summed E-state index contributed by atoms with van der Waals surface area (Å²) in [5.74, 6) is 0. The molecule has 0 aliphatic rings. The van der Waals surface area contributed by atoms with Crippen LogP contribution in [-0.4, -0.2) is 32.4 Å². The van der Waals surface area contributed by atoms with Gasteiger partial charge in [0.2, 0.25) is 10.0 Å². The SMILES string of the molecule is CCOC(C)(C)CNS(=O)(=O)CCl. The summed E-state index contributed by atoms with van der Waals surface area (Å²) < 4.78 is 29.6. The van der Waals surface area contributed by atoms with Crippen molar-refractivity contribution in [2.75, 3.05) is 18.4 Å². The third-order valence-corrected chi connectivity index (χ3v) is 3.13. The predicted octanol–water partition coefficient (Wildman–Crippen LogP) is 0.917. The molecule has 6 heteroatoms. The Labute approximate surface area is 84.7 Å². The summed E-state index contributed by atoms with van der Waals surface area (Å²) in [4.78, 5) is 0. The molecule has 0 radical (unpaired) electrons. The van der Waals surface area contributed by atoms with Gasteiger partial charge in [-0.05, 0) is 20.8 Å². The first kappa shape index (κ1) is 13.2. The first-order valence-corrected chi connectivity index (χ1v) is 6.19. The molecule has 4 nitrogen and oxygen atoms in total. The lowest BCUT2D eigenvalue weighted by Gasteiger charge is -2.24. The highest BCUT2D eigenvalue weighted by Crippen LogP contribution is 2.07. The second-order valence-electron chi connectivity index (χ2n) is 3.24. The number of hydrogen-bond acceptors (Lipinski definition) is 3. The largest absolute Gasteiger partial charge is 0.375 e. The Kier molecular flexibility index (Phi) is 5.21. The van der Waals surface area contributed by atoms with E-state index >= 15 is 0 Å². The molecule has 0 atom stereocenters. The number of alkyl halides is 1. The quantitative estimate of drug-likeness (QED) is 0.689. The van der Waals surface area contributed by atoms with Gasteiger partial charge in [0.1, 0.15) is 5.21 Å². The van der Waals surface area contributed by atoms with E-state index in [0.717, 1.165) is 0 Å². The average Bonchev–Trinajstić information content (AvgIpc) is 2.02. The predicted molar refractivity (Wildman–Crippen MR) is 53.3 cm³/mol. The first-order chi connectivity index (χ1) is 5.83. The van der Waals surface area contributed by atoms with Crippen LogP contribution < -0.4 is 4.72 Å². The number of ether oxygens (including phenoxy) is 1. The van der Waals surface area contributed by atoms with Crippen molar-refractivity contribution in [2.45, 2.75) is 26.4 Å². The van der Waals surface area contributed by atoms with Gasteiger partial charge >= 0.3 is 0 Å². The highest BCUT2D eigenvalue weighted by atomic mass is 35.5. The fourth-order valence-electron chi connectivity index (χ4n) is 0.764. The van der Waals surface area contributed by atoms with Gasteiger partial charge in [0, 0.05) is 13.2 Å². The molecule has 80 valence electrons. The number of nitrogens with one attached hydrogen (secondary N) is 1. The molecule has 0 aliphatic carbocycles. The van der Waals surface area contributed by atoms with Gasteiger partial charge in [0.05, 0.1) is 5.60 Å². The smallest absolute Gasteiger partial charge is 0.225 e. The molecule has 0 aliphatic heterocycles. The summed E-state index contributed by atoms with van der Waals surface area (Å²) in [6, 6.07) is 0. The lowest BCUT2D eigenvalue weighted by Crippen LogP contribution is -2.40. The summed E-state index contributed by atoms with van der Waals surface area (Å²) in [6.07, 6.45) is 0. The molecule has 0 saturated heterocycles. The van der Waals surface area contributed by atoms with Gasteiger partial charge in [-0.1, -0.05) is 0 Å². The maximum absolute atomic E-state index is 11.0. The van der Waals surface area contributed by atoms with Crippen molar-refractivity contribution >= 4 is 21.6 Å². The van der Waals surface area contributed by atoms with Crippen molar-refractivity contribution < 1.29 is 13.2 Å². The molecule has 0 unspecified atom stereocenters. The Balaban J connectivity index is 4.01. The minimum atomic E-state index is -3.34. The molecule has 0 aromatic rings. The number of hydrogen-bond donors (Lipinski definition) is 1. The van der Waals surface area contributed by atoms with Gasteiger partial charge in [-0.2, -0.15) is 0 Å². The molecule has 0 saturated carbocycles. The van der Waals surface area contributed by atoms with E-state index in [4.69, 9.17) is 16.3 Å². The molecule has 0 fully saturated rings. The maximum atomic E-state index is 11.0. The second kappa shape index (κ2) is 5.14. The van der Waals surface area contributed by atoms with E-state index < -0.39 is 20.8 Å². The van der Waals surface area contributed by atoms with E-state index in [2.05, 4.69) is 4.72 Å². The summed E-state index contributed by atoms with van der Waals surface area (Å²) in [7, 11) is -3.34. The molecule has 0 amide bonds. The van der Waals surface area contributed by atoms with Crippen molar-refractivity contribution in [3.8, 4) is 0 Å². The zero-order valence-electron chi connectivity index (χ0n) is 8.13. The first-order valence-electron chi connectivity index (χ1n) is 4.00. The fourth-order valence-corrected chi connectivity index (χ4v) is 1.64. The Bertz CT molecular complexity index is 238. The van der Waals surface area contributed by atoms with Crippen molar-refractivity contribution in [1.29, 1.82) is 0 Å². The van der Waals surface area contributed by atoms with Crippen LogP contribution in [0.4, 0.5) is 0 Å². The van der Waals surface area contributed by atoms with Crippen LogP contribution in [0, 0.1) is 0 Å². The van der Waals surface area contributed by atoms with Crippen molar-refractivity contribution in [3.63, 3.8) is 0 Å². The minimum absolute atomic E-state index is 0.232. The van der Waals surface area contributed by atoms with E-state index in [1.54, 1.807) is 0 Å². The standard InChI is InChI=1S/C7H16ClNO3S/c1-4-12-7(2,3)5-9-13(10,11)6-8/h9H,4-6H2,1-3H3. The monoisotopic (exact) mass is 229 g/mol. The Morgan fingerprint density at radius 3 is 2.38 bits per heavy atom. The average molecular weight is 230 g/mol. The second-order valence-corrected chi connectivity index (χ2v) is 5.63. The van der Waals surface area contributed by atoms with Gasteiger partial charge in [-0.15, -0.1) is 11.6 Å². The Morgan fingerprint density at radius 2 is 2.00 bits per heavy atom. The minimum Gasteiger partial charge on any atom is -0.375 e. The van der Waals surface area contributed by atoms with Gasteiger partial charge in [-0.25, -0.2) is 13.1 Å². The molecule has 0 bridgehead atoms. The molecule has 13 heavy (non-hydrogen) atoms. The van der Waals surface area contributed by atoms with Gasteiger partial charge < -0.3 is 4.74 Å². The molecular formula is C7H16ClNO3S. The number of rotatable bonds is 6. The zero-order valence-corrected chi connectivity index (χ0v) is 9.70. The molecule has 1 N–H and O–H groups in total. The van der Waals surface area contributed by atoms with Gasteiger partial charge in [0.25, 0.3) is 0 Å². The van der Waals surface area contributed by atoms with E-state index in [-0.39, 0.29) is 6.54 Å². The Hall–Kier alpha value is 0.160. The topological polar surface area (TPSA) is 55.4 Å². The number of sulfonamides is 1. The molecule has 0 heterocycles. The van der Waals surface area contributed by atoms with Crippen molar-refractivity contribution in [2.24, 2.45) is 0 Å². The van der Waals surface area contributed by atoms with Crippen molar-refractivity contribution in [3.05, 3.63) is 0 Å². The maximum Gasteiger partial charge on any atom is 0.225 e. The third kappa shape index (κ3) is 6.26. The molecule has 0 rings (SSSR count). The van der Waals surface area contributed by atoms with E-state index in [9.17, 15) is 8.42 Å². The van der Waals surface area contributed by atoms with Crippen LogP contribution in [-0.2, 0) is 14.8 Å². The third-order valence-electron chi connectivity index (χ3n) is 1.40. The van der Waals surface area contributed by atoms with E-state index in [0.29, 0.717) is 6.61 Å². The van der Waals surface area contributed by atoms with Crippen molar-refractivity contribution in [1.82, 2.24) is 4.72 Å². The summed E-state index contributed by atoms with van der Waals surface area (Å²) >= 11 is 5.21. The summed E-state index contributed by atoms with van der Waals surface area (Å²) in [5, 5.41) is -0.421. The lowest BCUT2D eigenvalue weighted by molar-refractivity contribution is -0.00513. The van der Waals surface area contributed by atoms with E-state index in [1.807, 2.05) is 20.8 Å². The van der Waals surface area contributed by atoms with Crippen LogP contribution in [0.25, 0.3) is 0 Å². The highest BCUT2D eigenvalue weighted by molar-refractivity contribution is 7.90. The fraction of sp³-hybridized carbons (Fsp3) is 1.00. The summed E-state index contributed by atoms with van der Waals surface area (Å²) in [5.41, 5.74) is -0.492. The van der Waals surface area contributed by atoms with Crippen LogP contribution >= 0.6 is 11.6 Å². The van der Waals surface area contributed by atoms with E-state index in [1.165, 1.54) is 0 Å². The van der Waals surface area contributed by atoms with Crippen LogP contribution in [0.15, 0.2) is 0 Å². The van der Waals surface area contributed by atoms with Crippen LogP contribution in [0.2, 0.25) is 0 Å². The van der Waals surface area contributed by atoms with Gasteiger partial charge in [-0.3, -0.25) is 0 Å². The highest BCUT2D eigenvalue weighted by Gasteiger charge is 2.20. The normalized spacial score (nSPS) is 13.2. The molecule has 0 aromatic carbocycles. The molecular weight excluding hydrogens is 214 g/mol. The van der Waals surface area contributed by atoms with Crippen LogP contribution in [0.1, 0.15) is 20.8 Å². The van der Waals surface area contributed by atoms with Gasteiger partial charge in [0.15, 0.2) is 0 Å². The molecule has 0 spiro atoms. The molecule has 0 aromatic heterocycles. The summed E-state index contributed by atoms with van der Waals surface area (Å²) in [6.45, 7) is 6.27. The Morgan fingerprint density at radius 1 is 1.46 bits per heavy atom. The number of halogens is 1. The lowest BCUT2D eigenvalue weighted by atomic mass is 10.1.